The van der Waals surface area contributed by atoms with Crippen molar-refractivity contribution in [3.8, 4) is 0 Å². The van der Waals surface area contributed by atoms with E-state index in [0.29, 0.717) is 41.4 Å². The Labute approximate surface area is 228 Å². The molecular weight excluding hydrogens is 494 g/mol. The zero-order valence-corrected chi connectivity index (χ0v) is 22.8. The fourth-order valence-electron chi connectivity index (χ4n) is 8.22. The average molecular weight is 534 g/mol. The van der Waals surface area contributed by atoms with Crippen LogP contribution < -0.4 is 21.5 Å². The summed E-state index contributed by atoms with van der Waals surface area (Å²) >= 11 is 0. The number of aromatic nitrogens is 2. The van der Waals surface area contributed by atoms with Crippen molar-refractivity contribution < 1.29 is 14.4 Å². The number of hydrogen-bond donors (Lipinski definition) is 3. The van der Waals surface area contributed by atoms with E-state index in [9.17, 15) is 19.2 Å². The third-order valence-electron chi connectivity index (χ3n) is 9.60. The maximum Gasteiger partial charge on any atom is 0.264 e. The Balaban J connectivity index is 1.02. The monoisotopic (exact) mass is 533 g/mol. The summed E-state index contributed by atoms with van der Waals surface area (Å²) in [6.45, 7) is 3.12. The SMILES string of the molecule is Cc1nc2cccc(NCCCCCNC(=O)C34CC5CC(CC(C5)C3)C4)c2c(=O)n1C1CCC(=O)NC1=O. The van der Waals surface area contributed by atoms with Gasteiger partial charge in [0, 0.05) is 30.6 Å². The van der Waals surface area contributed by atoms with Crippen molar-refractivity contribution in [2.24, 2.45) is 23.2 Å². The highest BCUT2D eigenvalue weighted by Gasteiger charge is 2.54. The molecule has 0 spiro atoms. The summed E-state index contributed by atoms with van der Waals surface area (Å²) in [6, 6.07) is 4.79. The number of anilines is 1. The molecule has 2 aromatic rings. The Bertz CT molecular complexity index is 1330. The van der Waals surface area contributed by atoms with E-state index < -0.39 is 11.9 Å². The predicted octanol–water partition coefficient (Wildman–Crippen LogP) is 3.60. The highest BCUT2D eigenvalue weighted by Crippen LogP contribution is 2.60. The Kier molecular flexibility index (Phi) is 6.93. The minimum atomic E-state index is -0.742. The molecule has 2 heterocycles. The number of hydrogen-bond acceptors (Lipinski definition) is 6. The van der Waals surface area contributed by atoms with Crippen LogP contribution in [-0.2, 0) is 14.4 Å². The molecule has 4 bridgehead atoms. The highest BCUT2D eigenvalue weighted by molar-refractivity contribution is 5.99. The van der Waals surface area contributed by atoms with E-state index in [0.717, 1.165) is 56.3 Å². The van der Waals surface area contributed by atoms with Gasteiger partial charge in [0.2, 0.25) is 17.7 Å². The first-order valence-corrected chi connectivity index (χ1v) is 14.7. The second-order valence-corrected chi connectivity index (χ2v) is 12.4. The van der Waals surface area contributed by atoms with Crippen LogP contribution in [0.4, 0.5) is 5.69 Å². The standard InChI is InChI=1S/C30H39N5O4/c1-18-33-23-7-5-6-22(26(23)28(38)35(18)24-8-9-25(36)34-27(24)37)31-10-3-2-4-11-32-29(39)30-15-19-12-20(16-30)14-21(13-19)17-30/h5-7,19-21,24,31H,2-4,8-17H2,1H3,(H,32,39)(H,34,36,37). The minimum Gasteiger partial charge on any atom is -0.384 e. The fourth-order valence-corrected chi connectivity index (χ4v) is 8.22. The number of benzene rings is 1. The smallest absolute Gasteiger partial charge is 0.264 e. The van der Waals surface area contributed by atoms with Crippen molar-refractivity contribution in [1.82, 2.24) is 20.2 Å². The second kappa shape index (κ2) is 10.4. The minimum absolute atomic E-state index is 0.0855. The van der Waals surface area contributed by atoms with Crippen LogP contribution in [0.1, 0.15) is 82.5 Å². The van der Waals surface area contributed by atoms with E-state index in [4.69, 9.17) is 0 Å². The zero-order valence-electron chi connectivity index (χ0n) is 22.8. The molecule has 3 amide bonds. The summed E-state index contributed by atoms with van der Waals surface area (Å²) in [5, 5.41) is 9.44. The number of imide groups is 1. The number of carbonyl (C=O) groups is 3. The molecule has 39 heavy (non-hydrogen) atoms. The Hall–Kier alpha value is -3.23. The number of unbranched alkanes of at least 4 members (excludes halogenated alkanes) is 2. The van der Waals surface area contributed by atoms with E-state index in [2.05, 4.69) is 20.9 Å². The number of piperidine rings is 1. The van der Waals surface area contributed by atoms with Crippen LogP contribution in [0, 0.1) is 30.1 Å². The number of aryl methyl sites for hydroxylation is 1. The number of carbonyl (C=O) groups excluding carboxylic acids is 3. The molecule has 1 aromatic heterocycles. The molecule has 1 unspecified atom stereocenters. The number of nitrogens with zero attached hydrogens (tertiary/aromatic N) is 2. The molecule has 4 aliphatic carbocycles. The number of fused-ring (bicyclic) bond motifs is 1. The van der Waals surface area contributed by atoms with Gasteiger partial charge in [-0.1, -0.05) is 6.07 Å². The Morgan fingerprint density at radius 3 is 2.41 bits per heavy atom. The van der Waals surface area contributed by atoms with Gasteiger partial charge >= 0.3 is 0 Å². The normalized spacial score (nSPS) is 29.5. The third-order valence-corrected chi connectivity index (χ3v) is 9.60. The van der Waals surface area contributed by atoms with Gasteiger partial charge in [-0.3, -0.25) is 29.1 Å². The van der Waals surface area contributed by atoms with Gasteiger partial charge in [-0.25, -0.2) is 4.98 Å². The molecule has 5 fully saturated rings. The third kappa shape index (κ3) is 4.96. The Morgan fingerprint density at radius 2 is 1.72 bits per heavy atom. The van der Waals surface area contributed by atoms with Crippen LogP contribution in [0.2, 0.25) is 0 Å². The summed E-state index contributed by atoms with van der Waals surface area (Å²) in [4.78, 5) is 55.3. The maximum absolute atomic E-state index is 13.5. The van der Waals surface area contributed by atoms with Gasteiger partial charge in [-0.2, -0.15) is 0 Å². The first-order chi connectivity index (χ1) is 18.8. The van der Waals surface area contributed by atoms with Gasteiger partial charge in [-0.05, 0) is 101 Å². The predicted molar refractivity (Wildman–Crippen MR) is 148 cm³/mol. The van der Waals surface area contributed by atoms with Crippen molar-refractivity contribution in [2.45, 2.75) is 83.6 Å². The molecule has 7 rings (SSSR count). The fraction of sp³-hybridized carbons (Fsp3) is 0.633. The van der Waals surface area contributed by atoms with Crippen molar-refractivity contribution >= 4 is 34.3 Å². The van der Waals surface area contributed by atoms with Crippen LogP contribution in [0.3, 0.4) is 0 Å². The Morgan fingerprint density at radius 1 is 1.03 bits per heavy atom. The van der Waals surface area contributed by atoms with E-state index in [-0.39, 0.29) is 29.7 Å². The van der Waals surface area contributed by atoms with Gasteiger partial charge in [0.05, 0.1) is 10.9 Å². The van der Waals surface area contributed by atoms with Gasteiger partial charge in [0.1, 0.15) is 11.9 Å². The second-order valence-electron chi connectivity index (χ2n) is 12.4. The van der Waals surface area contributed by atoms with Crippen LogP contribution in [0.15, 0.2) is 23.0 Å². The largest absolute Gasteiger partial charge is 0.384 e. The van der Waals surface area contributed by atoms with Crippen LogP contribution in [0.25, 0.3) is 10.9 Å². The summed E-state index contributed by atoms with van der Waals surface area (Å²) in [7, 11) is 0. The first-order valence-electron chi connectivity index (χ1n) is 14.7. The molecule has 1 atom stereocenters. The molecule has 1 aromatic carbocycles. The maximum atomic E-state index is 13.5. The number of amides is 3. The van der Waals surface area contributed by atoms with Gasteiger partial charge < -0.3 is 10.6 Å². The lowest BCUT2D eigenvalue weighted by Gasteiger charge is -2.55. The molecule has 4 saturated carbocycles. The molecule has 9 heteroatoms. The number of rotatable bonds is 9. The van der Waals surface area contributed by atoms with Crippen molar-refractivity contribution in [2.75, 3.05) is 18.4 Å². The van der Waals surface area contributed by atoms with Crippen molar-refractivity contribution in [3.05, 3.63) is 34.4 Å². The van der Waals surface area contributed by atoms with E-state index in [1.807, 2.05) is 12.1 Å². The van der Waals surface area contributed by atoms with Crippen molar-refractivity contribution in [1.29, 1.82) is 0 Å². The van der Waals surface area contributed by atoms with E-state index in [1.54, 1.807) is 13.0 Å². The van der Waals surface area contributed by atoms with E-state index in [1.165, 1.54) is 23.8 Å². The summed E-state index contributed by atoms with van der Waals surface area (Å²) in [5.41, 5.74) is 0.916. The highest BCUT2D eigenvalue weighted by atomic mass is 16.2. The number of nitrogens with one attached hydrogen (secondary N) is 3. The lowest BCUT2D eigenvalue weighted by Crippen LogP contribution is -2.53. The molecule has 208 valence electrons. The van der Waals surface area contributed by atoms with Crippen LogP contribution in [0.5, 0.6) is 0 Å². The van der Waals surface area contributed by atoms with Crippen LogP contribution in [-0.4, -0.2) is 40.4 Å². The van der Waals surface area contributed by atoms with E-state index >= 15 is 0 Å². The first kappa shape index (κ1) is 26.0. The molecular formula is C30H39N5O4. The topological polar surface area (TPSA) is 122 Å². The molecule has 9 nitrogen and oxygen atoms in total. The van der Waals surface area contributed by atoms with Gasteiger partial charge in [-0.15, -0.1) is 0 Å². The quantitative estimate of drug-likeness (QED) is 0.334. The average Bonchev–Trinajstić information content (AvgIpc) is 2.88. The molecule has 0 radical (unpaired) electrons. The zero-order chi connectivity index (χ0) is 27.1. The summed E-state index contributed by atoms with van der Waals surface area (Å²) in [5.74, 6) is 2.29. The van der Waals surface area contributed by atoms with Gasteiger partial charge in [0.25, 0.3) is 5.56 Å². The lowest BCUT2D eigenvalue weighted by molar-refractivity contribution is -0.146. The summed E-state index contributed by atoms with van der Waals surface area (Å²) in [6.07, 6.45) is 10.6. The summed E-state index contributed by atoms with van der Waals surface area (Å²) < 4.78 is 1.42. The lowest BCUT2D eigenvalue weighted by atomic mass is 9.49. The molecule has 5 aliphatic rings. The molecule has 1 saturated heterocycles. The van der Waals surface area contributed by atoms with Gasteiger partial charge in [0.15, 0.2) is 0 Å². The van der Waals surface area contributed by atoms with Crippen molar-refractivity contribution in [3.63, 3.8) is 0 Å². The molecule has 3 N–H and O–H groups in total. The molecule has 1 aliphatic heterocycles. The van der Waals surface area contributed by atoms with Crippen LogP contribution >= 0.6 is 0 Å².